The van der Waals surface area contributed by atoms with Crippen molar-refractivity contribution in [1.29, 1.82) is 0 Å². The average Bonchev–Trinajstić information content (AvgIpc) is 3.13. The number of carboxylic acid groups (broad SMARTS) is 1. The number of nitrogens with zero attached hydrogens (tertiary/aromatic N) is 5. The van der Waals surface area contributed by atoms with Gasteiger partial charge in [-0.05, 0) is 25.8 Å². The molecule has 0 saturated heterocycles. The molecule has 24 heavy (non-hydrogen) atoms. The van der Waals surface area contributed by atoms with Crippen molar-refractivity contribution < 1.29 is 14.7 Å². The molecule has 0 fully saturated rings. The summed E-state index contributed by atoms with van der Waals surface area (Å²) in [5, 5.41) is 23.3. The molecule has 0 aliphatic carbocycles. The van der Waals surface area contributed by atoms with E-state index in [1.807, 2.05) is 11.6 Å². The molecule has 0 bridgehead atoms. The molecule has 2 heterocycles. The van der Waals surface area contributed by atoms with E-state index in [0.29, 0.717) is 11.4 Å². The minimum atomic E-state index is -1.00. The highest BCUT2D eigenvalue weighted by molar-refractivity contribution is 5.92. The van der Waals surface area contributed by atoms with Crippen LogP contribution >= 0.6 is 0 Å². The second-order valence-corrected chi connectivity index (χ2v) is 5.57. The number of amides is 1. The van der Waals surface area contributed by atoms with Gasteiger partial charge in [0.05, 0.1) is 18.8 Å². The van der Waals surface area contributed by atoms with Crippen LogP contribution in [0.3, 0.4) is 0 Å². The fourth-order valence-electron chi connectivity index (χ4n) is 2.50. The maximum atomic E-state index is 12.2. The van der Waals surface area contributed by atoms with Crippen LogP contribution in [-0.4, -0.2) is 41.8 Å². The summed E-state index contributed by atoms with van der Waals surface area (Å²) >= 11 is 0. The molecule has 130 valence electrons. The van der Waals surface area contributed by atoms with Crippen LogP contribution in [0.25, 0.3) is 0 Å². The fourth-order valence-corrected chi connectivity index (χ4v) is 2.50. The van der Waals surface area contributed by atoms with Crippen molar-refractivity contribution in [3.05, 3.63) is 29.3 Å². The third-order valence-corrected chi connectivity index (χ3v) is 3.76. The number of aliphatic carboxylic acids is 1. The maximum absolute atomic E-state index is 12.2. The molecule has 0 saturated carbocycles. The highest BCUT2D eigenvalue weighted by Crippen LogP contribution is 2.17. The van der Waals surface area contributed by atoms with Gasteiger partial charge in [-0.15, -0.1) is 5.10 Å². The molecule has 9 heteroatoms. The Morgan fingerprint density at radius 1 is 1.33 bits per heavy atom. The summed E-state index contributed by atoms with van der Waals surface area (Å²) in [6.07, 6.45) is 3.39. The van der Waals surface area contributed by atoms with E-state index < -0.39 is 5.97 Å². The summed E-state index contributed by atoms with van der Waals surface area (Å²) in [5.74, 6) is -1.30. The molecule has 0 radical (unpaired) electrons. The lowest BCUT2D eigenvalue weighted by atomic mass is 10.2. The largest absolute Gasteiger partial charge is 0.480 e. The average molecular weight is 334 g/mol. The number of aryl methyl sites for hydroxylation is 1. The summed E-state index contributed by atoms with van der Waals surface area (Å²) < 4.78 is 3.09. The Morgan fingerprint density at radius 3 is 2.67 bits per heavy atom. The lowest BCUT2D eigenvalue weighted by Gasteiger charge is -2.14. The fraction of sp³-hybridized carbons (Fsp3) is 0.533. The number of carboxylic acids is 1. The van der Waals surface area contributed by atoms with Crippen molar-refractivity contribution in [2.24, 2.45) is 0 Å². The van der Waals surface area contributed by atoms with Crippen LogP contribution in [0.4, 0.5) is 0 Å². The zero-order chi connectivity index (χ0) is 17.7. The lowest BCUT2D eigenvalue weighted by Crippen LogP contribution is -2.24. The SMILES string of the molecule is CCC(CC)n1nc(C(=O)NCc2cn(CC(=O)O)nn2)cc1C. The van der Waals surface area contributed by atoms with E-state index in [0.717, 1.165) is 18.5 Å². The van der Waals surface area contributed by atoms with Crippen molar-refractivity contribution in [3.63, 3.8) is 0 Å². The minimum Gasteiger partial charge on any atom is -0.480 e. The van der Waals surface area contributed by atoms with Gasteiger partial charge in [-0.25, -0.2) is 4.68 Å². The first-order chi connectivity index (χ1) is 11.4. The molecule has 2 N–H and O–H groups in total. The Balaban J connectivity index is 1.99. The third kappa shape index (κ3) is 4.18. The second-order valence-electron chi connectivity index (χ2n) is 5.57. The predicted molar refractivity (Wildman–Crippen MR) is 85.4 cm³/mol. The zero-order valence-electron chi connectivity index (χ0n) is 14.1. The Hall–Kier alpha value is -2.71. The van der Waals surface area contributed by atoms with Crippen molar-refractivity contribution >= 4 is 11.9 Å². The first kappa shape index (κ1) is 17.6. The van der Waals surface area contributed by atoms with Crippen molar-refractivity contribution in [2.75, 3.05) is 0 Å². The Kier molecular flexibility index (Phi) is 5.67. The highest BCUT2D eigenvalue weighted by Gasteiger charge is 2.16. The molecule has 0 aromatic carbocycles. The van der Waals surface area contributed by atoms with Crippen molar-refractivity contribution in [3.8, 4) is 0 Å². The van der Waals surface area contributed by atoms with Crippen LogP contribution in [-0.2, 0) is 17.9 Å². The molecule has 9 nitrogen and oxygen atoms in total. The van der Waals surface area contributed by atoms with Gasteiger partial charge in [0, 0.05) is 5.69 Å². The van der Waals surface area contributed by atoms with Gasteiger partial charge in [0.25, 0.3) is 5.91 Å². The van der Waals surface area contributed by atoms with E-state index >= 15 is 0 Å². The van der Waals surface area contributed by atoms with Gasteiger partial charge in [-0.1, -0.05) is 19.1 Å². The van der Waals surface area contributed by atoms with E-state index in [1.54, 1.807) is 6.07 Å². The summed E-state index contributed by atoms with van der Waals surface area (Å²) in [6.45, 7) is 6.01. The monoisotopic (exact) mass is 334 g/mol. The van der Waals surface area contributed by atoms with Crippen LogP contribution < -0.4 is 5.32 Å². The molecule has 1 amide bonds. The summed E-state index contributed by atoms with van der Waals surface area (Å²) in [4.78, 5) is 22.8. The van der Waals surface area contributed by atoms with Gasteiger partial charge in [-0.3, -0.25) is 14.3 Å². The number of carbonyl (C=O) groups excluding carboxylic acids is 1. The summed E-state index contributed by atoms with van der Waals surface area (Å²) in [6, 6.07) is 2.04. The zero-order valence-corrected chi connectivity index (χ0v) is 14.1. The van der Waals surface area contributed by atoms with Gasteiger partial charge < -0.3 is 10.4 Å². The first-order valence-corrected chi connectivity index (χ1v) is 7.89. The molecule has 2 aromatic heterocycles. The minimum absolute atomic E-state index is 0.162. The highest BCUT2D eigenvalue weighted by atomic mass is 16.4. The Labute approximate surface area is 139 Å². The number of hydrogen-bond acceptors (Lipinski definition) is 5. The van der Waals surface area contributed by atoms with E-state index in [4.69, 9.17) is 5.11 Å². The number of aromatic nitrogens is 5. The predicted octanol–water partition coefficient (Wildman–Crippen LogP) is 1.16. The van der Waals surface area contributed by atoms with Gasteiger partial charge in [0.15, 0.2) is 0 Å². The molecule has 0 unspecified atom stereocenters. The Morgan fingerprint density at radius 2 is 2.04 bits per heavy atom. The number of hydrogen-bond donors (Lipinski definition) is 2. The third-order valence-electron chi connectivity index (χ3n) is 3.76. The maximum Gasteiger partial charge on any atom is 0.325 e. The molecule has 0 atom stereocenters. The molecule has 0 spiro atoms. The number of carbonyl (C=O) groups is 2. The molecule has 2 aromatic rings. The summed E-state index contributed by atoms with van der Waals surface area (Å²) in [7, 11) is 0. The normalized spacial score (nSPS) is 11.0. The van der Waals surface area contributed by atoms with Crippen LogP contribution in [0.15, 0.2) is 12.3 Å². The van der Waals surface area contributed by atoms with E-state index in [2.05, 4.69) is 34.6 Å². The number of nitrogens with one attached hydrogen (secondary N) is 1. The first-order valence-electron chi connectivity index (χ1n) is 7.89. The van der Waals surface area contributed by atoms with Crippen LogP contribution in [0, 0.1) is 6.92 Å². The summed E-state index contributed by atoms with van der Waals surface area (Å²) in [5.41, 5.74) is 1.79. The van der Waals surface area contributed by atoms with Crippen LogP contribution in [0.2, 0.25) is 0 Å². The van der Waals surface area contributed by atoms with Gasteiger partial charge in [-0.2, -0.15) is 5.10 Å². The van der Waals surface area contributed by atoms with Crippen LogP contribution in [0.1, 0.15) is 54.6 Å². The quantitative estimate of drug-likeness (QED) is 0.748. The molecular formula is C15H22N6O3. The van der Waals surface area contributed by atoms with Gasteiger partial charge in [0.2, 0.25) is 0 Å². The second kappa shape index (κ2) is 7.71. The van der Waals surface area contributed by atoms with Gasteiger partial charge in [0.1, 0.15) is 17.9 Å². The van der Waals surface area contributed by atoms with Gasteiger partial charge >= 0.3 is 5.97 Å². The van der Waals surface area contributed by atoms with E-state index in [9.17, 15) is 9.59 Å². The standard InChI is InChI=1S/C15H22N6O3/c1-4-12(5-2)21-10(3)6-13(18-21)15(24)16-7-11-8-20(19-17-11)9-14(22)23/h6,8,12H,4-5,7,9H2,1-3H3,(H,16,24)(H,22,23). The van der Waals surface area contributed by atoms with E-state index in [1.165, 1.54) is 10.9 Å². The lowest BCUT2D eigenvalue weighted by molar-refractivity contribution is -0.137. The molecular weight excluding hydrogens is 312 g/mol. The van der Waals surface area contributed by atoms with Crippen LogP contribution in [0.5, 0.6) is 0 Å². The molecule has 2 rings (SSSR count). The van der Waals surface area contributed by atoms with Crippen molar-refractivity contribution in [2.45, 2.75) is 52.7 Å². The Bertz CT molecular complexity index is 717. The molecule has 0 aliphatic rings. The van der Waals surface area contributed by atoms with Crippen molar-refractivity contribution in [1.82, 2.24) is 30.1 Å². The topological polar surface area (TPSA) is 115 Å². The van der Waals surface area contributed by atoms with E-state index in [-0.39, 0.29) is 25.0 Å². The smallest absolute Gasteiger partial charge is 0.325 e. The molecule has 0 aliphatic heterocycles. The number of rotatable bonds is 8.